The monoisotopic (exact) mass is 346 g/mol. The Balaban J connectivity index is 1.56. The van der Waals surface area contributed by atoms with Gasteiger partial charge in [-0.2, -0.15) is 0 Å². The quantitative estimate of drug-likeness (QED) is 0.697. The van der Waals surface area contributed by atoms with E-state index in [1.165, 1.54) is 12.5 Å². The summed E-state index contributed by atoms with van der Waals surface area (Å²) in [5.74, 6) is -0.260. The molecule has 0 saturated carbocycles. The van der Waals surface area contributed by atoms with Gasteiger partial charge in [-0.15, -0.1) is 0 Å². The van der Waals surface area contributed by atoms with Crippen molar-refractivity contribution in [1.82, 2.24) is 0 Å². The van der Waals surface area contributed by atoms with Gasteiger partial charge in [0.25, 0.3) is 0 Å². The summed E-state index contributed by atoms with van der Waals surface area (Å²) >= 11 is 3.22. The molecule has 2 rings (SSSR count). The van der Waals surface area contributed by atoms with Crippen LogP contribution in [0.2, 0.25) is 0 Å². The Morgan fingerprint density at radius 3 is 3.00 bits per heavy atom. The van der Waals surface area contributed by atoms with E-state index >= 15 is 0 Å². The van der Waals surface area contributed by atoms with Crippen molar-refractivity contribution < 1.29 is 18.6 Å². The zero-order valence-electron chi connectivity index (χ0n) is 11.4. The lowest BCUT2D eigenvalue weighted by Gasteiger charge is -2.22. The summed E-state index contributed by atoms with van der Waals surface area (Å²) in [5.41, 5.74) is 0.821. The van der Waals surface area contributed by atoms with Crippen molar-refractivity contribution in [3.63, 3.8) is 0 Å². The molecule has 0 bridgehead atoms. The molecule has 1 aromatic carbocycles. The van der Waals surface area contributed by atoms with E-state index in [4.69, 9.17) is 14.2 Å². The zero-order chi connectivity index (χ0) is 14.2. The van der Waals surface area contributed by atoms with Crippen LogP contribution in [0.4, 0.5) is 4.39 Å². The third-order valence-corrected chi connectivity index (χ3v) is 4.05. The predicted molar refractivity (Wildman–Crippen MR) is 77.9 cm³/mol. The van der Waals surface area contributed by atoms with Crippen molar-refractivity contribution in [2.24, 2.45) is 0 Å². The van der Waals surface area contributed by atoms with Crippen LogP contribution in [-0.4, -0.2) is 26.1 Å². The fourth-order valence-corrected chi connectivity index (χ4v) is 2.44. The van der Waals surface area contributed by atoms with Gasteiger partial charge in [0.05, 0.1) is 17.7 Å². The maximum Gasteiger partial charge on any atom is 0.157 e. The van der Waals surface area contributed by atoms with Crippen molar-refractivity contribution in [2.75, 3.05) is 19.8 Å². The molecule has 5 heteroatoms. The van der Waals surface area contributed by atoms with Gasteiger partial charge in [0.2, 0.25) is 0 Å². The smallest absolute Gasteiger partial charge is 0.157 e. The minimum Gasteiger partial charge on any atom is -0.377 e. The molecule has 1 aromatic rings. The van der Waals surface area contributed by atoms with E-state index < -0.39 is 0 Å². The highest BCUT2D eigenvalue weighted by Gasteiger charge is 2.13. The second-order valence-corrected chi connectivity index (χ2v) is 5.58. The molecule has 1 atom stereocenters. The van der Waals surface area contributed by atoms with Gasteiger partial charge in [0, 0.05) is 13.2 Å². The Bertz CT molecular complexity index is 408. The van der Waals surface area contributed by atoms with Gasteiger partial charge in [-0.25, -0.2) is 4.39 Å². The van der Waals surface area contributed by atoms with E-state index in [2.05, 4.69) is 15.9 Å². The van der Waals surface area contributed by atoms with E-state index in [1.54, 1.807) is 6.07 Å². The average molecular weight is 347 g/mol. The van der Waals surface area contributed by atoms with Gasteiger partial charge in [0.1, 0.15) is 5.82 Å². The molecule has 1 unspecified atom stereocenters. The van der Waals surface area contributed by atoms with Gasteiger partial charge >= 0.3 is 0 Å². The first-order chi connectivity index (χ1) is 9.77. The maximum atomic E-state index is 13.3. The highest BCUT2D eigenvalue weighted by molar-refractivity contribution is 9.10. The van der Waals surface area contributed by atoms with Crippen LogP contribution in [0.25, 0.3) is 0 Å². The lowest BCUT2D eigenvalue weighted by molar-refractivity contribution is -0.164. The van der Waals surface area contributed by atoms with E-state index in [9.17, 15) is 4.39 Å². The van der Waals surface area contributed by atoms with E-state index in [0.717, 1.165) is 31.4 Å². The van der Waals surface area contributed by atoms with E-state index in [1.807, 2.05) is 6.07 Å². The van der Waals surface area contributed by atoms with Gasteiger partial charge in [-0.3, -0.25) is 0 Å². The van der Waals surface area contributed by atoms with Crippen molar-refractivity contribution in [3.8, 4) is 0 Å². The molecule has 0 aliphatic carbocycles. The van der Waals surface area contributed by atoms with Crippen molar-refractivity contribution >= 4 is 15.9 Å². The van der Waals surface area contributed by atoms with Crippen LogP contribution >= 0.6 is 15.9 Å². The van der Waals surface area contributed by atoms with Crippen LogP contribution in [-0.2, 0) is 20.8 Å². The van der Waals surface area contributed by atoms with Gasteiger partial charge in [-0.05, 0) is 53.2 Å². The molecule has 1 saturated heterocycles. The van der Waals surface area contributed by atoms with Crippen LogP contribution in [0.5, 0.6) is 0 Å². The third-order valence-electron chi connectivity index (χ3n) is 3.16. The number of ether oxygens (including phenoxy) is 3. The minimum absolute atomic E-state index is 0.0406. The Kier molecular flexibility index (Phi) is 6.93. The number of hydrogen-bond donors (Lipinski definition) is 0. The Morgan fingerprint density at radius 2 is 2.20 bits per heavy atom. The molecule has 1 fully saturated rings. The summed E-state index contributed by atoms with van der Waals surface area (Å²) in [6.45, 7) is 2.43. The standard InChI is InChI=1S/C15H20BrFO3/c16-15-12(5-3-6-13(15)17)11-18-8-4-10-20-14-7-1-2-9-19-14/h3,5-6,14H,1-2,4,7-11H2. The van der Waals surface area contributed by atoms with Crippen LogP contribution in [0.3, 0.4) is 0 Å². The molecular formula is C15H20BrFO3. The molecule has 0 radical (unpaired) electrons. The first kappa shape index (κ1) is 15.9. The molecule has 0 aromatic heterocycles. The Labute approximate surface area is 127 Å². The van der Waals surface area contributed by atoms with Crippen LogP contribution in [0, 0.1) is 5.82 Å². The van der Waals surface area contributed by atoms with Crippen molar-refractivity contribution in [3.05, 3.63) is 34.1 Å². The molecule has 20 heavy (non-hydrogen) atoms. The maximum absolute atomic E-state index is 13.3. The van der Waals surface area contributed by atoms with E-state index in [0.29, 0.717) is 24.3 Å². The molecule has 112 valence electrons. The Hall–Kier alpha value is -0.490. The topological polar surface area (TPSA) is 27.7 Å². The summed E-state index contributed by atoms with van der Waals surface area (Å²) in [7, 11) is 0. The first-order valence-electron chi connectivity index (χ1n) is 7.01. The molecular weight excluding hydrogens is 327 g/mol. The number of hydrogen-bond acceptors (Lipinski definition) is 3. The van der Waals surface area contributed by atoms with Crippen LogP contribution < -0.4 is 0 Å². The first-order valence-corrected chi connectivity index (χ1v) is 7.80. The molecule has 0 amide bonds. The summed E-state index contributed by atoms with van der Waals surface area (Å²) in [4.78, 5) is 0. The second kappa shape index (κ2) is 8.72. The molecule has 1 aliphatic rings. The summed E-state index contributed by atoms with van der Waals surface area (Å²) in [6.07, 6.45) is 4.06. The molecule has 1 heterocycles. The van der Waals surface area contributed by atoms with E-state index in [-0.39, 0.29) is 12.1 Å². The Morgan fingerprint density at radius 1 is 1.30 bits per heavy atom. The van der Waals surface area contributed by atoms with Gasteiger partial charge < -0.3 is 14.2 Å². The molecule has 0 N–H and O–H groups in total. The average Bonchev–Trinajstić information content (AvgIpc) is 2.48. The summed E-state index contributed by atoms with van der Waals surface area (Å²) < 4.78 is 30.4. The molecule has 3 nitrogen and oxygen atoms in total. The largest absolute Gasteiger partial charge is 0.377 e. The predicted octanol–water partition coefficient (Wildman–Crippen LogP) is 4.04. The summed E-state index contributed by atoms with van der Waals surface area (Å²) in [5, 5.41) is 0. The van der Waals surface area contributed by atoms with Crippen molar-refractivity contribution in [1.29, 1.82) is 0 Å². The summed E-state index contributed by atoms with van der Waals surface area (Å²) in [6, 6.07) is 4.95. The molecule has 1 aliphatic heterocycles. The normalized spacial score (nSPS) is 19.2. The highest BCUT2D eigenvalue weighted by atomic mass is 79.9. The lowest BCUT2D eigenvalue weighted by atomic mass is 10.2. The molecule has 0 spiro atoms. The SMILES string of the molecule is Fc1cccc(COCCCOC2CCCCO2)c1Br. The zero-order valence-corrected chi connectivity index (χ0v) is 13.0. The fraction of sp³-hybridized carbons (Fsp3) is 0.600. The number of rotatable bonds is 7. The van der Waals surface area contributed by atoms with Crippen LogP contribution in [0.15, 0.2) is 22.7 Å². The second-order valence-electron chi connectivity index (χ2n) is 4.79. The third kappa shape index (κ3) is 5.13. The van der Waals surface area contributed by atoms with Gasteiger partial charge in [0.15, 0.2) is 6.29 Å². The fourth-order valence-electron chi connectivity index (χ4n) is 2.06. The number of halogens is 2. The van der Waals surface area contributed by atoms with Crippen molar-refractivity contribution in [2.45, 2.75) is 38.6 Å². The van der Waals surface area contributed by atoms with Crippen LogP contribution in [0.1, 0.15) is 31.2 Å². The minimum atomic E-state index is -0.260. The number of benzene rings is 1. The lowest BCUT2D eigenvalue weighted by Crippen LogP contribution is -2.23. The van der Waals surface area contributed by atoms with Gasteiger partial charge in [-0.1, -0.05) is 12.1 Å². The highest BCUT2D eigenvalue weighted by Crippen LogP contribution is 2.21.